The zero-order valence-corrected chi connectivity index (χ0v) is 10.3. The Morgan fingerprint density at radius 3 is 2.80 bits per heavy atom. The van der Waals surface area contributed by atoms with Gasteiger partial charge in [-0.15, -0.1) is 0 Å². The molecule has 0 fully saturated rings. The van der Waals surface area contributed by atoms with Gasteiger partial charge >= 0.3 is 0 Å². The largest absolute Gasteiger partial charge is 0.491 e. The molecule has 0 amide bonds. The van der Waals surface area contributed by atoms with Crippen LogP contribution in [0, 0.1) is 6.92 Å². The third-order valence-electron chi connectivity index (χ3n) is 1.94. The Hall–Kier alpha value is -0.580. The minimum Gasteiger partial charge on any atom is -0.491 e. The highest BCUT2D eigenvalue weighted by Gasteiger charge is 2.01. The van der Waals surface area contributed by atoms with Gasteiger partial charge in [-0.25, -0.2) is 0 Å². The Bertz CT molecular complexity index is 302. The molecule has 0 radical (unpaired) electrons. The third kappa shape index (κ3) is 4.20. The lowest BCUT2D eigenvalue weighted by Gasteiger charge is -2.10. The van der Waals surface area contributed by atoms with Gasteiger partial charge in [0.2, 0.25) is 0 Å². The SMILES string of the molecule is Cc1c(Br)cccc1OCCOCCO. The van der Waals surface area contributed by atoms with Gasteiger partial charge in [-0.3, -0.25) is 0 Å². The van der Waals surface area contributed by atoms with E-state index in [9.17, 15) is 0 Å². The molecule has 0 aliphatic carbocycles. The molecule has 1 N–H and O–H groups in total. The van der Waals surface area contributed by atoms with Crippen LogP contribution >= 0.6 is 15.9 Å². The summed E-state index contributed by atoms with van der Waals surface area (Å²) >= 11 is 3.44. The van der Waals surface area contributed by atoms with Crippen LogP contribution in [0.4, 0.5) is 0 Å². The second-order valence-electron chi connectivity index (χ2n) is 3.05. The van der Waals surface area contributed by atoms with Crippen LogP contribution in [0.1, 0.15) is 5.56 Å². The number of benzene rings is 1. The summed E-state index contributed by atoms with van der Waals surface area (Å²) in [6.45, 7) is 3.40. The highest BCUT2D eigenvalue weighted by molar-refractivity contribution is 9.10. The smallest absolute Gasteiger partial charge is 0.123 e. The second-order valence-corrected chi connectivity index (χ2v) is 3.90. The maximum atomic E-state index is 8.49. The Labute approximate surface area is 98.1 Å². The molecule has 0 aliphatic heterocycles. The summed E-state index contributed by atoms with van der Waals surface area (Å²) in [7, 11) is 0. The van der Waals surface area contributed by atoms with Crippen molar-refractivity contribution >= 4 is 15.9 Å². The lowest BCUT2D eigenvalue weighted by atomic mass is 10.2. The monoisotopic (exact) mass is 274 g/mol. The normalized spacial score (nSPS) is 10.3. The standard InChI is InChI=1S/C11H15BrO3/c1-9-10(12)3-2-4-11(9)15-8-7-14-6-5-13/h2-4,13H,5-8H2,1H3. The van der Waals surface area contributed by atoms with Crippen LogP contribution in [-0.2, 0) is 4.74 Å². The Morgan fingerprint density at radius 1 is 1.27 bits per heavy atom. The summed E-state index contributed by atoms with van der Waals surface area (Å²) in [4.78, 5) is 0. The number of hydrogen-bond donors (Lipinski definition) is 1. The molecule has 1 aromatic carbocycles. The van der Waals surface area contributed by atoms with Crippen molar-refractivity contribution in [3.05, 3.63) is 28.2 Å². The molecule has 0 unspecified atom stereocenters. The average molecular weight is 275 g/mol. The van der Waals surface area contributed by atoms with Gasteiger partial charge in [-0.2, -0.15) is 0 Å². The minimum atomic E-state index is 0.0515. The van der Waals surface area contributed by atoms with Crippen LogP contribution in [0.3, 0.4) is 0 Å². The first-order valence-electron chi connectivity index (χ1n) is 4.82. The first kappa shape index (κ1) is 12.5. The topological polar surface area (TPSA) is 38.7 Å². The highest BCUT2D eigenvalue weighted by Crippen LogP contribution is 2.25. The fourth-order valence-electron chi connectivity index (χ4n) is 1.12. The van der Waals surface area contributed by atoms with Gasteiger partial charge in [0, 0.05) is 10.0 Å². The van der Waals surface area contributed by atoms with Crippen molar-refractivity contribution in [2.75, 3.05) is 26.4 Å². The molecule has 0 heterocycles. The van der Waals surface area contributed by atoms with Crippen LogP contribution in [0.25, 0.3) is 0 Å². The molecular formula is C11H15BrO3. The quantitative estimate of drug-likeness (QED) is 0.808. The molecule has 0 atom stereocenters. The molecule has 0 aromatic heterocycles. The number of aliphatic hydroxyl groups is 1. The summed E-state index contributed by atoms with van der Waals surface area (Å²) in [5.74, 6) is 0.858. The Balaban J connectivity index is 2.34. The fourth-order valence-corrected chi connectivity index (χ4v) is 1.47. The van der Waals surface area contributed by atoms with Gasteiger partial charge in [0.15, 0.2) is 0 Å². The third-order valence-corrected chi connectivity index (χ3v) is 2.80. The van der Waals surface area contributed by atoms with Gasteiger partial charge in [0.05, 0.1) is 19.8 Å². The van der Waals surface area contributed by atoms with Crippen LogP contribution in [0.15, 0.2) is 22.7 Å². The first-order chi connectivity index (χ1) is 7.25. The van der Waals surface area contributed by atoms with E-state index in [1.807, 2.05) is 25.1 Å². The second kappa shape index (κ2) is 6.82. The van der Waals surface area contributed by atoms with Crippen molar-refractivity contribution in [2.24, 2.45) is 0 Å². The van der Waals surface area contributed by atoms with Gasteiger partial charge in [0.25, 0.3) is 0 Å². The fraction of sp³-hybridized carbons (Fsp3) is 0.455. The summed E-state index contributed by atoms with van der Waals surface area (Å²) < 4.78 is 11.7. The highest BCUT2D eigenvalue weighted by atomic mass is 79.9. The van der Waals surface area contributed by atoms with Crippen molar-refractivity contribution in [2.45, 2.75) is 6.92 Å². The van der Waals surface area contributed by atoms with Gasteiger partial charge in [-0.05, 0) is 19.1 Å². The van der Waals surface area contributed by atoms with E-state index in [2.05, 4.69) is 15.9 Å². The molecule has 1 rings (SSSR count). The minimum absolute atomic E-state index is 0.0515. The molecule has 4 heteroatoms. The Morgan fingerprint density at radius 2 is 2.07 bits per heavy atom. The molecule has 0 spiro atoms. The maximum absolute atomic E-state index is 8.49. The molecule has 0 saturated carbocycles. The van der Waals surface area contributed by atoms with Crippen LogP contribution in [0.2, 0.25) is 0 Å². The summed E-state index contributed by atoms with van der Waals surface area (Å²) in [5, 5.41) is 8.49. The summed E-state index contributed by atoms with van der Waals surface area (Å²) in [5.41, 5.74) is 1.08. The lowest BCUT2D eigenvalue weighted by molar-refractivity contribution is 0.0703. The molecule has 15 heavy (non-hydrogen) atoms. The van der Waals surface area contributed by atoms with Crippen LogP contribution < -0.4 is 4.74 Å². The average Bonchev–Trinajstić information content (AvgIpc) is 2.24. The molecule has 0 aliphatic rings. The molecule has 1 aromatic rings. The zero-order valence-electron chi connectivity index (χ0n) is 8.70. The molecule has 0 bridgehead atoms. The Kier molecular flexibility index (Phi) is 5.68. The predicted octanol–water partition coefficient (Wildman–Crippen LogP) is 2.15. The number of ether oxygens (including phenoxy) is 2. The van der Waals surface area contributed by atoms with Crippen molar-refractivity contribution in [1.29, 1.82) is 0 Å². The number of hydrogen-bond acceptors (Lipinski definition) is 3. The number of halogens is 1. The van der Waals surface area contributed by atoms with Crippen LogP contribution in [0.5, 0.6) is 5.75 Å². The predicted molar refractivity (Wildman–Crippen MR) is 62.3 cm³/mol. The van der Waals surface area contributed by atoms with E-state index in [-0.39, 0.29) is 6.61 Å². The van der Waals surface area contributed by atoms with Gasteiger partial charge in [-0.1, -0.05) is 22.0 Å². The summed E-state index contributed by atoms with van der Waals surface area (Å²) in [6, 6.07) is 5.83. The first-order valence-corrected chi connectivity index (χ1v) is 5.61. The molecule has 3 nitrogen and oxygen atoms in total. The van der Waals surface area contributed by atoms with Gasteiger partial charge < -0.3 is 14.6 Å². The van der Waals surface area contributed by atoms with Gasteiger partial charge in [0.1, 0.15) is 12.4 Å². The maximum Gasteiger partial charge on any atom is 0.123 e. The number of aliphatic hydroxyl groups excluding tert-OH is 1. The molecule has 0 saturated heterocycles. The van der Waals surface area contributed by atoms with E-state index in [4.69, 9.17) is 14.6 Å². The van der Waals surface area contributed by atoms with E-state index in [0.717, 1.165) is 15.8 Å². The summed E-state index contributed by atoms with van der Waals surface area (Å²) in [6.07, 6.45) is 0. The van der Waals surface area contributed by atoms with Crippen molar-refractivity contribution in [1.82, 2.24) is 0 Å². The molecule has 84 valence electrons. The lowest BCUT2D eigenvalue weighted by Crippen LogP contribution is -2.09. The van der Waals surface area contributed by atoms with Crippen molar-refractivity contribution in [3.63, 3.8) is 0 Å². The van der Waals surface area contributed by atoms with E-state index in [0.29, 0.717) is 19.8 Å². The van der Waals surface area contributed by atoms with Crippen molar-refractivity contribution in [3.8, 4) is 5.75 Å². The number of rotatable bonds is 6. The zero-order chi connectivity index (χ0) is 11.1. The van der Waals surface area contributed by atoms with E-state index in [1.54, 1.807) is 0 Å². The van der Waals surface area contributed by atoms with Crippen molar-refractivity contribution < 1.29 is 14.6 Å². The van der Waals surface area contributed by atoms with E-state index >= 15 is 0 Å². The van der Waals surface area contributed by atoms with E-state index in [1.165, 1.54) is 0 Å². The van der Waals surface area contributed by atoms with Crippen LogP contribution in [-0.4, -0.2) is 31.5 Å². The molecular weight excluding hydrogens is 260 g/mol. The van der Waals surface area contributed by atoms with E-state index < -0.39 is 0 Å².